The average Bonchev–Trinajstić information content (AvgIpc) is 2.67. The predicted octanol–water partition coefficient (Wildman–Crippen LogP) is 2.36. The molecule has 0 saturated heterocycles. The molecule has 6 nitrogen and oxygen atoms in total. The lowest BCUT2D eigenvalue weighted by molar-refractivity contribution is 0.392. The third-order valence-corrected chi connectivity index (χ3v) is 2.85. The van der Waals surface area contributed by atoms with E-state index in [9.17, 15) is 0 Å². The van der Waals surface area contributed by atoms with Gasteiger partial charge in [-0.1, -0.05) is 16.8 Å². The molecular formula is C11H13ClN4O2. The van der Waals surface area contributed by atoms with E-state index in [0.29, 0.717) is 18.1 Å². The lowest BCUT2D eigenvalue weighted by Gasteiger charge is -2.10. The van der Waals surface area contributed by atoms with Crippen LogP contribution in [0.4, 0.5) is 5.82 Å². The third kappa shape index (κ3) is 2.38. The van der Waals surface area contributed by atoms with Gasteiger partial charge >= 0.3 is 0 Å². The molecule has 0 aliphatic heterocycles. The zero-order chi connectivity index (χ0) is 13.1. The van der Waals surface area contributed by atoms with E-state index in [1.165, 1.54) is 13.4 Å². The van der Waals surface area contributed by atoms with Gasteiger partial charge in [0.1, 0.15) is 12.1 Å². The Bertz CT molecular complexity index is 536. The molecule has 0 spiro atoms. The molecule has 2 heterocycles. The highest BCUT2D eigenvalue weighted by molar-refractivity contribution is 6.31. The number of nitrogens with one attached hydrogen (secondary N) is 1. The van der Waals surface area contributed by atoms with E-state index >= 15 is 0 Å². The number of hydrogen-bond donors (Lipinski definition) is 1. The zero-order valence-electron chi connectivity index (χ0n) is 10.3. The van der Waals surface area contributed by atoms with Crippen LogP contribution >= 0.6 is 11.6 Å². The molecule has 7 heteroatoms. The van der Waals surface area contributed by atoms with E-state index in [1.54, 1.807) is 0 Å². The van der Waals surface area contributed by atoms with Crippen molar-refractivity contribution < 1.29 is 9.26 Å². The minimum absolute atomic E-state index is 0.272. The number of aromatic nitrogens is 3. The minimum Gasteiger partial charge on any atom is -0.490 e. The van der Waals surface area contributed by atoms with Crippen molar-refractivity contribution in [3.8, 4) is 5.75 Å². The van der Waals surface area contributed by atoms with Crippen LogP contribution in [0.1, 0.15) is 17.0 Å². The molecule has 0 aromatic carbocycles. The largest absolute Gasteiger partial charge is 0.490 e. The number of methoxy groups -OCH3 is 1. The van der Waals surface area contributed by atoms with Gasteiger partial charge in [0.05, 0.1) is 12.8 Å². The molecule has 0 saturated carbocycles. The highest BCUT2D eigenvalue weighted by Crippen LogP contribution is 2.28. The van der Waals surface area contributed by atoms with Crippen molar-refractivity contribution >= 4 is 17.4 Å². The fourth-order valence-electron chi connectivity index (χ4n) is 1.59. The van der Waals surface area contributed by atoms with E-state index in [4.69, 9.17) is 20.9 Å². The summed E-state index contributed by atoms with van der Waals surface area (Å²) < 4.78 is 10.2. The van der Waals surface area contributed by atoms with Crippen LogP contribution < -0.4 is 10.1 Å². The number of anilines is 1. The minimum atomic E-state index is 0.272. The lowest BCUT2D eigenvalue weighted by atomic mass is 10.2. The van der Waals surface area contributed by atoms with Crippen molar-refractivity contribution in [3.63, 3.8) is 0 Å². The Morgan fingerprint density at radius 1 is 1.39 bits per heavy atom. The summed E-state index contributed by atoms with van der Waals surface area (Å²) in [5.74, 6) is 1.74. The molecule has 0 fully saturated rings. The number of aryl methyl sites for hydroxylation is 2. The summed E-state index contributed by atoms with van der Waals surface area (Å²) in [7, 11) is 1.52. The number of ether oxygens (including phenoxy) is 1. The van der Waals surface area contributed by atoms with Gasteiger partial charge in [-0.25, -0.2) is 9.97 Å². The number of halogens is 1. The fraction of sp³-hybridized carbons (Fsp3) is 0.364. The second-order valence-corrected chi connectivity index (χ2v) is 4.06. The van der Waals surface area contributed by atoms with Crippen LogP contribution in [-0.4, -0.2) is 22.2 Å². The van der Waals surface area contributed by atoms with Crippen LogP contribution in [0.15, 0.2) is 10.9 Å². The maximum Gasteiger partial charge on any atom is 0.198 e. The Labute approximate surface area is 109 Å². The summed E-state index contributed by atoms with van der Waals surface area (Å²) in [6, 6.07) is 0. The van der Waals surface area contributed by atoms with E-state index < -0.39 is 0 Å². The summed E-state index contributed by atoms with van der Waals surface area (Å²) in [6.07, 6.45) is 1.38. The van der Waals surface area contributed by atoms with Crippen molar-refractivity contribution in [2.24, 2.45) is 0 Å². The summed E-state index contributed by atoms with van der Waals surface area (Å²) in [5.41, 5.74) is 1.84. The van der Waals surface area contributed by atoms with Crippen molar-refractivity contribution in [3.05, 3.63) is 28.5 Å². The van der Waals surface area contributed by atoms with E-state index in [2.05, 4.69) is 20.4 Å². The summed E-state index contributed by atoms with van der Waals surface area (Å²) in [4.78, 5) is 7.94. The van der Waals surface area contributed by atoms with E-state index in [1.807, 2.05) is 13.8 Å². The Kier molecular flexibility index (Phi) is 3.66. The molecule has 1 N–H and O–H groups in total. The second kappa shape index (κ2) is 5.22. The first-order chi connectivity index (χ1) is 8.63. The fourth-order valence-corrected chi connectivity index (χ4v) is 1.80. The molecule has 2 aromatic heterocycles. The smallest absolute Gasteiger partial charge is 0.198 e. The van der Waals surface area contributed by atoms with Crippen LogP contribution in [0.2, 0.25) is 5.15 Å². The van der Waals surface area contributed by atoms with Gasteiger partial charge in [-0.15, -0.1) is 0 Å². The quantitative estimate of drug-likeness (QED) is 0.858. The van der Waals surface area contributed by atoms with Gasteiger partial charge in [0, 0.05) is 12.1 Å². The number of nitrogens with zero attached hydrogens (tertiary/aromatic N) is 3. The maximum absolute atomic E-state index is 5.91. The predicted molar refractivity (Wildman–Crippen MR) is 66.9 cm³/mol. The maximum atomic E-state index is 5.91. The van der Waals surface area contributed by atoms with Gasteiger partial charge < -0.3 is 14.6 Å². The van der Waals surface area contributed by atoms with Crippen LogP contribution in [0.3, 0.4) is 0 Å². The third-order valence-electron chi connectivity index (χ3n) is 2.58. The SMILES string of the molecule is COc1c(Cl)ncnc1NCc1c(C)noc1C. The summed E-state index contributed by atoms with van der Waals surface area (Å²) in [5, 5.41) is 7.28. The second-order valence-electron chi connectivity index (χ2n) is 3.70. The first-order valence-electron chi connectivity index (χ1n) is 5.33. The molecule has 0 atom stereocenters. The molecule has 0 amide bonds. The standard InChI is InChI=1S/C11H13ClN4O2/c1-6-8(7(2)18-16-6)4-13-11-9(17-3)10(12)14-5-15-11/h5H,4H2,1-3H3,(H,13,14,15). The number of hydrogen-bond acceptors (Lipinski definition) is 6. The Hall–Kier alpha value is -1.82. The van der Waals surface area contributed by atoms with Gasteiger partial charge in [-0.3, -0.25) is 0 Å². The topological polar surface area (TPSA) is 73.1 Å². The summed E-state index contributed by atoms with van der Waals surface area (Å²) >= 11 is 5.91. The van der Waals surface area contributed by atoms with Crippen LogP contribution in [0.25, 0.3) is 0 Å². The molecule has 96 valence electrons. The summed E-state index contributed by atoms with van der Waals surface area (Å²) in [6.45, 7) is 4.28. The highest BCUT2D eigenvalue weighted by atomic mass is 35.5. The molecule has 0 radical (unpaired) electrons. The van der Waals surface area contributed by atoms with Gasteiger partial charge in [0.25, 0.3) is 0 Å². The average molecular weight is 269 g/mol. The van der Waals surface area contributed by atoms with Crippen LogP contribution in [0, 0.1) is 13.8 Å². The Morgan fingerprint density at radius 2 is 2.17 bits per heavy atom. The van der Waals surface area contributed by atoms with Gasteiger partial charge in [-0.05, 0) is 13.8 Å². The molecule has 18 heavy (non-hydrogen) atoms. The monoisotopic (exact) mass is 268 g/mol. The zero-order valence-corrected chi connectivity index (χ0v) is 11.1. The molecule has 2 rings (SSSR count). The normalized spacial score (nSPS) is 10.4. The first-order valence-corrected chi connectivity index (χ1v) is 5.71. The van der Waals surface area contributed by atoms with Crippen LogP contribution in [0.5, 0.6) is 5.75 Å². The Morgan fingerprint density at radius 3 is 2.78 bits per heavy atom. The Balaban J connectivity index is 2.18. The molecule has 0 aliphatic rings. The molecule has 0 unspecified atom stereocenters. The van der Waals surface area contributed by atoms with Crippen molar-refractivity contribution in [1.29, 1.82) is 0 Å². The first kappa shape index (κ1) is 12.6. The van der Waals surface area contributed by atoms with E-state index in [-0.39, 0.29) is 5.15 Å². The molecule has 2 aromatic rings. The number of rotatable bonds is 4. The van der Waals surface area contributed by atoms with Gasteiger partial charge in [0.15, 0.2) is 16.7 Å². The molecule has 0 bridgehead atoms. The lowest BCUT2D eigenvalue weighted by Crippen LogP contribution is -2.05. The van der Waals surface area contributed by atoms with Gasteiger partial charge in [-0.2, -0.15) is 0 Å². The molecular weight excluding hydrogens is 256 g/mol. The van der Waals surface area contributed by atoms with Gasteiger partial charge in [0.2, 0.25) is 0 Å². The van der Waals surface area contributed by atoms with Crippen LogP contribution in [-0.2, 0) is 6.54 Å². The van der Waals surface area contributed by atoms with Crippen molar-refractivity contribution in [2.75, 3.05) is 12.4 Å². The molecule has 0 aliphatic carbocycles. The highest BCUT2D eigenvalue weighted by Gasteiger charge is 2.13. The van der Waals surface area contributed by atoms with Crippen molar-refractivity contribution in [1.82, 2.24) is 15.1 Å². The van der Waals surface area contributed by atoms with Crippen molar-refractivity contribution in [2.45, 2.75) is 20.4 Å². The van der Waals surface area contributed by atoms with E-state index in [0.717, 1.165) is 17.0 Å².